The molecule has 4 aliphatic rings. The molecule has 0 aromatic carbocycles. The number of rotatable bonds is 4. The molecule has 174 valence electrons. The van der Waals surface area contributed by atoms with Crippen molar-refractivity contribution in [1.82, 2.24) is 0 Å². The number of hydrogen-bond acceptors (Lipinski definition) is 6. The molecule has 0 bridgehead atoms. The summed E-state index contributed by atoms with van der Waals surface area (Å²) >= 11 is 0. The molecule has 1 unspecified atom stereocenters. The second-order valence-electron chi connectivity index (χ2n) is 11.3. The molecule has 4 fully saturated rings. The molecule has 0 heterocycles. The molecule has 4 saturated carbocycles. The van der Waals surface area contributed by atoms with E-state index in [1.807, 2.05) is 13.8 Å². The lowest BCUT2D eigenvalue weighted by Gasteiger charge is -2.59. The Morgan fingerprint density at radius 1 is 1.16 bits per heavy atom. The third-order valence-corrected chi connectivity index (χ3v) is 9.14. The number of nitrogens with two attached hydrogens (primary N) is 1. The van der Waals surface area contributed by atoms with Gasteiger partial charge < -0.3 is 15.4 Å². The molecule has 0 amide bonds. The normalized spacial score (nSPS) is 45.3. The Balaban J connectivity index is 1.66. The van der Waals surface area contributed by atoms with Crippen LogP contribution >= 0.6 is 0 Å². The molecule has 0 aromatic rings. The fourth-order valence-electron chi connectivity index (χ4n) is 7.20. The van der Waals surface area contributed by atoms with Gasteiger partial charge in [-0.25, -0.2) is 4.39 Å². The lowest BCUT2D eigenvalue weighted by atomic mass is 9.44. The fourth-order valence-corrected chi connectivity index (χ4v) is 7.20. The van der Waals surface area contributed by atoms with Crippen LogP contribution in [0, 0.1) is 34.5 Å². The van der Waals surface area contributed by atoms with Gasteiger partial charge in [0.2, 0.25) is 0 Å². The first-order valence-electron chi connectivity index (χ1n) is 11.8. The lowest BCUT2D eigenvalue weighted by molar-refractivity contribution is -0.133. The van der Waals surface area contributed by atoms with Crippen molar-refractivity contribution in [2.75, 3.05) is 13.7 Å². The number of carbonyl (C=O) groups excluding carboxylic acids is 1. The molecule has 0 saturated heterocycles. The number of hydrogen-bond donors (Lipinski definition) is 1. The predicted molar refractivity (Wildman–Crippen MR) is 118 cm³/mol. The van der Waals surface area contributed by atoms with E-state index in [1.165, 1.54) is 0 Å². The van der Waals surface area contributed by atoms with Crippen LogP contribution in [0.5, 0.6) is 0 Å². The zero-order valence-electron chi connectivity index (χ0n) is 19.6. The van der Waals surface area contributed by atoms with Gasteiger partial charge in [-0.1, -0.05) is 24.2 Å². The number of oxime groups is 2. The van der Waals surface area contributed by atoms with Gasteiger partial charge in [0.15, 0.2) is 0 Å². The molecule has 6 nitrogen and oxygen atoms in total. The summed E-state index contributed by atoms with van der Waals surface area (Å²) in [7, 11) is 1.57. The van der Waals surface area contributed by atoms with Crippen LogP contribution in [0.3, 0.4) is 0 Å². The minimum absolute atomic E-state index is 0.0745. The molecule has 0 aliphatic heterocycles. The largest absolute Gasteiger partial charge is 0.399 e. The fraction of sp³-hybridized carbons (Fsp3) is 0.875. The summed E-state index contributed by atoms with van der Waals surface area (Å²) in [6, 6.07) is 0. The highest BCUT2D eigenvalue weighted by atomic mass is 19.1. The first-order valence-corrected chi connectivity index (χ1v) is 11.8. The third-order valence-electron chi connectivity index (χ3n) is 9.14. The number of Topliss-reactive ketones (excluding diaryl/α,β-unsaturated/α-hetero) is 1. The van der Waals surface area contributed by atoms with E-state index in [0.717, 1.165) is 31.4 Å². The summed E-state index contributed by atoms with van der Waals surface area (Å²) in [5, 5.41) is 8.66. The van der Waals surface area contributed by atoms with Gasteiger partial charge in [-0.3, -0.25) is 4.79 Å². The highest BCUT2D eigenvalue weighted by Crippen LogP contribution is 2.64. The summed E-state index contributed by atoms with van der Waals surface area (Å²) in [6.07, 6.45) is 4.11. The van der Waals surface area contributed by atoms with Gasteiger partial charge in [0.1, 0.15) is 24.7 Å². The molecular formula is C24H38FN3O3. The van der Waals surface area contributed by atoms with Gasteiger partial charge in [0.05, 0.1) is 11.4 Å². The molecule has 2 N–H and O–H groups in total. The van der Waals surface area contributed by atoms with E-state index >= 15 is 4.39 Å². The minimum Gasteiger partial charge on any atom is -0.399 e. The molecule has 0 aromatic heterocycles. The van der Waals surface area contributed by atoms with Gasteiger partial charge in [-0.15, -0.1) is 0 Å². The van der Waals surface area contributed by atoms with E-state index in [2.05, 4.69) is 24.2 Å². The van der Waals surface area contributed by atoms with Crippen LogP contribution in [0.2, 0.25) is 0 Å². The SMILES string of the molecule is CO/N=C1\C[C@@H]2[C@H](CC[C@]3(C)C(=O)CC[C@@H]23)[C@@]2(C)C[C@@H](F)/C(=N/OC(C)(C)CN)CC12. The van der Waals surface area contributed by atoms with Crippen molar-refractivity contribution in [1.29, 1.82) is 0 Å². The number of carbonyl (C=O) groups is 1. The number of ketones is 1. The first kappa shape index (κ1) is 22.7. The van der Waals surface area contributed by atoms with Gasteiger partial charge in [-0.05, 0) is 69.1 Å². The highest BCUT2D eigenvalue weighted by molar-refractivity contribution is 5.98. The van der Waals surface area contributed by atoms with Crippen molar-refractivity contribution in [3.05, 3.63) is 0 Å². The van der Waals surface area contributed by atoms with Gasteiger partial charge in [-0.2, -0.15) is 0 Å². The molecule has 0 spiro atoms. The average Bonchev–Trinajstić information content (AvgIpc) is 3.02. The van der Waals surface area contributed by atoms with E-state index in [1.54, 1.807) is 7.11 Å². The van der Waals surface area contributed by atoms with Gasteiger partial charge in [0.25, 0.3) is 0 Å². The maximum Gasteiger partial charge on any atom is 0.144 e. The zero-order valence-corrected chi connectivity index (χ0v) is 19.6. The number of nitrogens with zero attached hydrogens (tertiary/aromatic N) is 2. The Bertz CT molecular complexity index is 797. The monoisotopic (exact) mass is 435 g/mol. The van der Waals surface area contributed by atoms with Crippen LogP contribution in [0.1, 0.15) is 72.6 Å². The summed E-state index contributed by atoms with van der Waals surface area (Å²) in [5.74, 6) is 1.59. The van der Waals surface area contributed by atoms with Gasteiger partial charge >= 0.3 is 0 Å². The van der Waals surface area contributed by atoms with Crippen LogP contribution in [-0.4, -0.2) is 42.6 Å². The lowest BCUT2D eigenvalue weighted by Crippen LogP contribution is -2.58. The topological polar surface area (TPSA) is 86.3 Å². The number of halogens is 1. The summed E-state index contributed by atoms with van der Waals surface area (Å²) in [5.41, 5.74) is 6.10. The van der Waals surface area contributed by atoms with E-state index in [4.69, 9.17) is 15.4 Å². The maximum atomic E-state index is 15.5. The van der Waals surface area contributed by atoms with E-state index < -0.39 is 11.8 Å². The number of alkyl halides is 1. The van der Waals surface area contributed by atoms with E-state index in [9.17, 15) is 4.79 Å². The van der Waals surface area contributed by atoms with Crippen molar-refractivity contribution < 1.29 is 18.9 Å². The second-order valence-corrected chi connectivity index (χ2v) is 11.3. The molecular weight excluding hydrogens is 397 g/mol. The summed E-state index contributed by atoms with van der Waals surface area (Å²) in [6.45, 7) is 8.39. The highest BCUT2D eigenvalue weighted by Gasteiger charge is 2.62. The second kappa shape index (κ2) is 7.82. The van der Waals surface area contributed by atoms with Crippen molar-refractivity contribution in [3.63, 3.8) is 0 Å². The zero-order chi connectivity index (χ0) is 22.6. The molecule has 4 rings (SSSR count). The van der Waals surface area contributed by atoms with E-state index in [0.29, 0.717) is 55.1 Å². The van der Waals surface area contributed by atoms with Crippen LogP contribution in [0.25, 0.3) is 0 Å². The molecule has 4 aliphatic carbocycles. The first-order chi connectivity index (χ1) is 14.6. The maximum absolute atomic E-state index is 15.5. The van der Waals surface area contributed by atoms with Crippen LogP contribution in [0.15, 0.2) is 10.3 Å². The third kappa shape index (κ3) is 3.61. The Hall–Kier alpha value is -1.50. The molecule has 7 atom stereocenters. The van der Waals surface area contributed by atoms with Crippen LogP contribution in [0.4, 0.5) is 4.39 Å². The Morgan fingerprint density at radius 2 is 1.90 bits per heavy atom. The summed E-state index contributed by atoms with van der Waals surface area (Å²) < 4.78 is 15.5. The van der Waals surface area contributed by atoms with Crippen molar-refractivity contribution >= 4 is 17.2 Å². The van der Waals surface area contributed by atoms with Crippen molar-refractivity contribution in [2.45, 2.75) is 84.4 Å². The van der Waals surface area contributed by atoms with E-state index in [-0.39, 0.29) is 16.7 Å². The van der Waals surface area contributed by atoms with Crippen LogP contribution in [-0.2, 0) is 14.5 Å². The standard InChI is InChI=1S/C24H38FN3O3/c1-22(2,13-26)31-28-20-11-17-19(27-30-5)10-14-15-6-7-21(29)23(15,3)9-8-16(14)24(17,4)12-18(20)25/h14-18H,6-13,26H2,1-5H3/b27-19+,28-20+/t14-,15-,16-,17?,18+,23-,24+/m0/s1. The quantitative estimate of drug-likeness (QED) is 0.668. The minimum atomic E-state index is -1.14. The number of fused-ring (bicyclic) bond motifs is 5. The van der Waals surface area contributed by atoms with Crippen LogP contribution < -0.4 is 5.73 Å². The average molecular weight is 436 g/mol. The molecule has 7 heteroatoms. The predicted octanol–water partition coefficient (Wildman–Crippen LogP) is 4.27. The van der Waals surface area contributed by atoms with Crippen molar-refractivity contribution in [3.8, 4) is 0 Å². The van der Waals surface area contributed by atoms with Crippen molar-refractivity contribution in [2.24, 2.45) is 50.5 Å². The van der Waals surface area contributed by atoms with Gasteiger partial charge in [0, 0.05) is 30.7 Å². The molecule has 0 radical (unpaired) electrons. The summed E-state index contributed by atoms with van der Waals surface area (Å²) in [4.78, 5) is 23.5. The molecule has 31 heavy (non-hydrogen) atoms. The Labute approximate surface area is 185 Å². The Morgan fingerprint density at radius 3 is 2.58 bits per heavy atom. The smallest absolute Gasteiger partial charge is 0.144 e. The Kier molecular flexibility index (Phi) is 5.72.